The first-order chi connectivity index (χ1) is 11.1. The molecule has 2 heterocycles. The van der Waals surface area contributed by atoms with Crippen molar-refractivity contribution in [3.63, 3.8) is 0 Å². The van der Waals surface area contributed by atoms with Gasteiger partial charge in [-0.25, -0.2) is 4.98 Å². The van der Waals surface area contributed by atoms with Gasteiger partial charge in [0.25, 0.3) is 5.56 Å². The Kier molecular flexibility index (Phi) is 4.79. The number of hydrogen-bond donors (Lipinski definition) is 2. The van der Waals surface area contributed by atoms with Gasteiger partial charge >= 0.3 is 0 Å². The molecule has 0 spiro atoms. The van der Waals surface area contributed by atoms with Gasteiger partial charge in [0, 0.05) is 25.1 Å². The van der Waals surface area contributed by atoms with Gasteiger partial charge in [0.2, 0.25) is 11.9 Å². The summed E-state index contributed by atoms with van der Waals surface area (Å²) in [4.78, 5) is 33.7. The van der Waals surface area contributed by atoms with E-state index in [4.69, 9.17) is 0 Å². The number of allylic oxidation sites excluding steroid dienone is 2. The summed E-state index contributed by atoms with van der Waals surface area (Å²) in [5.74, 6) is 0.695. The Hall–Kier alpha value is -2.11. The molecule has 23 heavy (non-hydrogen) atoms. The molecule has 1 aliphatic heterocycles. The molecule has 1 aromatic rings. The molecule has 2 atom stereocenters. The summed E-state index contributed by atoms with van der Waals surface area (Å²) in [5, 5.41) is 3.00. The Morgan fingerprint density at radius 1 is 1.39 bits per heavy atom. The number of anilines is 1. The normalized spacial score (nSPS) is 22.1. The molecule has 0 aromatic carbocycles. The zero-order valence-electron chi connectivity index (χ0n) is 13.5. The monoisotopic (exact) mass is 316 g/mol. The van der Waals surface area contributed by atoms with E-state index >= 15 is 0 Å². The number of hydrogen-bond acceptors (Lipinski definition) is 4. The third-order valence-corrected chi connectivity index (χ3v) is 4.60. The van der Waals surface area contributed by atoms with Crippen molar-refractivity contribution in [2.24, 2.45) is 5.92 Å². The fraction of sp³-hybridized carbons (Fsp3) is 0.588. The van der Waals surface area contributed by atoms with Crippen molar-refractivity contribution >= 4 is 11.9 Å². The minimum absolute atomic E-state index is 0.0301. The number of aromatic nitrogens is 2. The number of carbonyl (C=O) groups is 1. The second-order valence-electron chi connectivity index (χ2n) is 6.40. The molecule has 1 fully saturated rings. The maximum atomic E-state index is 12.3. The molecule has 2 N–H and O–H groups in total. The number of nitrogens with one attached hydrogen (secondary N) is 2. The van der Waals surface area contributed by atoms with E-state index in [2.05, 4.69) is 32.3 Å². The van der Waals surface area contributed by atoms with E-state index in [0.717, 1.165) is 45.2 Å². The molecule has 1 saturated heterocycles. The molecule has 0 unspecified atom stereocenters. The maximum Gasteiger partial charge on any atom is 0.252 e. The van der Waals surface area contributed by atoms with Crippen LogP contribution in [0.3, 0.4) is 0 Å². The number of H-pyrrole nitrogens is 1. The van der Waals surface area contributed by atoms with Crippen molar-refractivity contribution in [3.8, 4) is 0 Å². The molecule has 0 bridgehead atoms. The van der Waals surface area contributed by atoms with E-state index < -0.39 is 0 Å². The summed E-state index contributed by atoms with van der Waals surface area (Å²) in [6.07, 6.45) is 9.06. The first-order valence-corrected chi connectivity index (χ1v) is 8.45. The number of carbonyl (C=O) groups excluding carboxylic acids is 1. The van der Waals surface area contributed by atoms with Crippen molar-refractivity contribution in [2.45, 2.75) is 45.1 Å². The van der Waals surface area contributed by atoms with Crippen molar-refractivity contribution in [2.75, 3.05) is 18.0 Å². The Bertz CT molecular complexity index is 646. The number of amides is 1. The third-order valence-electron chi connectivity index (χ3n) is 4.60. The van der Waals surface area contributed by atoms with Crippen LogP contribution in [0.2, 0.25) is 0 Å². The van der Waals surface area contributed by atoms with Gasteiger partial charge in [-0.15, -0.1) is 0 Å². The van der Waals surface area contributed by atoms with E-state index in [1.165, 1.54) is 6.07 Å². The van der Waals surface area contributed by atoms with E-state index in [9.17, 15) is 9.59 Å². The van der Waals surface area contributed by atoms with Crippen LogP contribution in [0.25, 0.3) is 0 Å². The number of aromatic amines is 1. The first kappa shape index (κ1) is 15.8. The summed E-state index contributed by atoms with van der Waals surface area (Å²) in [6, 6.07) is 1.21. The zero-order valence-corrected chi connectivity index (χ0v) is 13.5. The molecule has 1 amide bonds. The van der Waals surface area contributed by atoms with E-state index in [-0.39, 0.29) is 23.4 Å². The van der Waals surface area contributed by atoms with Gasteiger partial charge in [-0.05, 0) is 39.0 Å². The highest BCUT2D eigenvalue weighted by atomic mass is 16.2. The van der Waals surface area contributed by atoms with E-state index in [0.29, 0.717) is 11.6 Å². The molecule has 6 heteroatoms. The first-order valence-electron chi connectivity index (χ1n) is 8.45. The second-order valence-corrected chi connectivity index (χ2v) is 6.40. The van der Waals surface area contributed by atoms with Crippen LogP contribution in [0.4, 0.5) is 5.95 Å². The largest absolute Gasteiger partial charge is 0.348 e. The summed E-state index contributed by atoms with van der Waals surface area (Å²) >= 11 is 0. The second kappa shape index (κ2) is 6.98. The van der Waals surface area contributed by atoms with Crippen LogP contribution in [0, 0.1) is 5.92 Å². The standard InChI is InChI=1S/C17H24N4O2/c1-12(18-16(23)13-7-3-2-4-8-13)14-11-15(22)20-17(19-14)21-9-5-6-10-21/h2-3,11-13H,4-10H2,1H3,(H,18,23)(H,19,20,22)/t12-,13+/m1/s1. The van der Waals surface area contributed by atoms with Gasteiger partial charge in [-0.3, -0.25) is 14.6 Å². The molecule has 6 nitrogen and oxygen atoms in total. The fourth-order valence-corrected chi connectivity index (χ4v) is 3.20. The smallest absolute Gasteiger partial charge is 0.252 e. The van der Waals surface area contributed by atoms with Crippen molar-refractivity contribution in [3.05, 3.63) is 34.3 Å². The zero-order chi connectivity index (χ0) is 16.2. The van der Waals surface area contributed by atoms with Crippen LogP contribution in [-0.4, -0.2) is 29.0 Å². The molecular weight excluding hydrogens is 292 g/mol. The van der Waals surface area contributed by atoms with Gasteiger partial charge in [0.05, 0.1) is 11.7 Å². The predicted molar refractivity (Wildman–Crippen MR) is 89.3 cm³/mol. The van der Waals surface area contributed by atoms with Crippen molar-refractivity contribution in [1.82, 2.24) is 15.3 Å². The number of rotatable bonds is 4. The maximum absolute atomic E-state index is 12.3. The summed E-state index contributed by atoms with van der Waals surface area (Å²) < 4.78 is 0. The van der Waals surface area contributed by atoms with Gasteiger partial charge < -0.3 is 10.2 Å². The molecular formula is C17H24N4O2. The van der Waals surface area contributed by atoms with E-state index in [1.807, 2.05) is 6.92 Å². The van der Waals surface area contributed by atoms with Crippen molar-refractivity contribution < 1.29 is 4.79 Å². The topological polar surface area (TPSA) is 78.1 Å². The summed E-state index contributed by atoms with van der Waals surface area (Å²) in [7, 11) is 0. The fourth-order valence-electron chi connectivity index (χ4n) is 3.20. The minimum Gasteiger partial charge on any atom is -0.348 e. The van der Waals surface area contributed by atoms with Crippen molar-refractivity contribution in [1.29, 1.82) is 0 Å². The number of nitrogens with zero attached hydrogens (tertiary/aromatic N) is 2. The van der Waals surface area contributed by atoms with Crippen LogP contribution in [-0.2, 0) is 4.79 Å². The molecule has 0 saturated carbocycles. The SMILES string of the molecule is C[C@@H](NC(=O)[C@H]1CC=CCC1)c1cc(=O)[nH]c(N2CCCC2)n1. The van der Waals surface area contributed by atoms with Gasteiger partial charge in [-0.1, -0.05) is 12.2 Å². The lowest BCUT2D eigenvalue weighted by atomic mass is 9.93. The minimum atomic E-state index is -0.267. The molecule has 124 valence electrons. The Labute approximate surface area is 136 Å². The molecule has 1 aromatic heterocycles. The Morgan fingerprint density at radius 3 is 2.87 bits per heavy atom. The highest BCUT2D eigenvalue weighted by Gasteiger charge is 2.22. The van der Waals surface area contributed by atoms with Gasteiger partial charge in [0.1, 0.15) is 0 Å². The lowest BCUT2D eigenvalue weighted by Crippen LogP contribution is -2.34. The quantitative estimate of drug-likeness (QED) is 0.832. The molecule has 2 aliphatic rings. The Morgan fingerprint density at radius 2 is 2.17 bits per heavy atom. The van der Waals surface area contributed by atoms with Crippen LogP contribution in [0.15, 0.2) is 23.0 Å². The van der Waals surface area contributed by atoms with Crippen LogP contribution in [0.1, 0.15) is 50.8 Å². The average Bonchev–Trinajstić information content (AvgIpc) is 3.09. The van der Waals surface area contributed by atoms with E-state index in [1.54, 1.807) is 0 Å². The lowest BCUT2D eigenvalue weighted by molar-refractivity contribution is -0.125. The molecule has 0 radical (unpaired) electrons. The molecule has 1 aliphatic carbocycles. The van der Waals surface area contributed by atoms with Gasteiger partial charge in [-0.2, -0.15) is 0 Å². The lowest BCUT2D eigenvalue weighted by Gasteiger charge is -2.22. The van der Waals surface area contributed by atoms with Gasteiger partial charge in [0.15, 0.2) is 0 Å². The predicted octanol–water partition coefficient (Wildman–Crippen LogP) is 1.90. The average molecular weight is 316 g/mol. The van der Waals surface area contributed by atoms with Crippen LogP contribution in [0.5, 0.6) is 0 Å². The molecule has 3 rings (SSSR count). The highest BCUT2D eigenvalue weighted by Crippen LogP contribution is 2.20. The summed E-state index contributed by atoms with van der Waals surface area (Å²) in [6.45, 7) is 3.72. The Balaban J connectivity index is 1.71. The highest BCUT2D eigenvalue weighted by molar-refractivity contribution is 5.79. The van der Waals surface area contributed by atoms with Crippen LogP contribution < -0.4 is 15.8 Å². The third kappa shape index (κ3) is 3.81. The summed E-state index contributed by atoms with van der Waals surface area (Å²) in [5.41, 5.74) is 0.453. The van der Waals surface area contributed by atoms with Crippen LogP contribution >= 0.6 is 0 Å².